The average molecular weight is 378 g/mol. The maximum atomic E-state index is 13.3. The first-order valence-electron chi connectivity index (χ1n) is 9.66. The van der Waals surface area contributed by atoms with Gasteiger partial charge in [-0.2, -0.15) is 0 Å². The Balaban J connectivity index is 1.64. The van der Waals surface area contributed by atoms with Crippen LogP contribution in [0, 0.1) is 0 Å². The van der Waals surface area contributed by atoms with Gasteiger partial charge in [0, 0.05) is 61.5 Å². The number of methoxy groups -OCH3 is 1. The molecule has 1 N–H and O–H groups in total. The van der Waals surface area contributed by atoms with Crippen LogP contribution in [0.2, 0.25) is 0 Å². The maximum absolute atomic E-state index is 13.3. The number of nitrogens with zero attached hydrogens (tertiary/aromatic N) is 3. The average Bonchev–Trinajstić information content (AvgIpc) is 3.08. The molecule has 1 amide bonds. The van der Waals surface area contributed by atoms with E-state index < -0.39 is 0 Å². The number of hydrogen-bond donors (Lipinski definition) is 1. The molecule has 0 atom stereocenters. The fourth-order valence-corrected chi connectivity index (χ4v) is 3.81. The second-order valence-corrected chi connectivity index (χ2v) is 7.37. The molecule has 2 aromatic heterocycles. The van der Waals surface area contributed by atoms with Gasteiger partial charge in [-0.3, -0.25) is 9.78 Å². The van der Waals surface area contributed by atoms with Gasteiger partial charge in [-0.25, -0.2) is 0 Å². The Morgan fingerprint density at radius 3 is 3.00 bits per heavy atom. The van der Waals surface area contributed by atoms with Crippen LogP contribution >= 0.6 is 0 Å². The van der Waals surface area contributed by atoms with Gasteiger partial charge < -0.3 is 19.5 Å². The molecule has 1 aromatic carbocycles. The highest BCUT2D eigenvalue weighted by molar-refractivity contribution is 5.99. The zero-order valence-corrected chi connectivity index (χ0v) is 16.4. The van der Waals surface area contributed by atoms with Gasteiger partial charge in [-0.1, -0.05) is 6.07 Å². The van der Waals surface area contributed by atoms with Gasteiger partial charge in [0.05, 0.1) is 18.8 Å². The van der Waals surface area contributed by atoms with E-state index in [1.54, 1.807) is 18.2 Å². The number of rotatable bonds is 6. The van der Waals surface area contributed by atoms with E-state index >= 15 is 0 Å². The Hall–Kier alpha value is -2.70. The molecule has 0 saturated carbocycles. The second-order valence-electron chi connectivity index (χ2n) is 7.37. The Bertz CT molecular complexity index is 967. The number of fused-ring (bicyclic) bond motifs is 3. The third kappa shape index (κ3) is 3.79. The molecular weight excluding hydrogens is 352 g/mol. The summed E-state index contributed by atoms with van der Waals surface area (Å²) in [6.45, 7) is 3.45. The Morgan fingerprint density at radius 2 is 2.21 bits per heavy atom. The van der Waals surface area contributed by atoms with Crippen molar-refractivity contribution in [3.63, 3.8) is 0 Å². The van der Waals surface area contributed by atoms with E-state index in [2.05, 4.69) is 21.9 Å². The van der Waals surface area contributed by atoms with Crippen LogP contribution < -0.4 is 0 Å². The van der Waals surface area contributed by atoms with E-state index in [1.165, 1.54) is 11.3 Å². The lowest BCUT2D eigenvalue weighted by Crippen LogP contribution is -2.33. The molecule has 1 aliphatic rings. The highest BCUT2D eigenvalue weighted by atomic mass is 16.5. The van der Waals surface area contributed by atoms with Crippen LogP contribution in [0.4, 0.5) is 0 Å². The third-order valence-electron chi connectivity index (χ3n) is 5.34. The minimum Gasteiger partial charge on any atom is -0.383 e. The Kier molecular flexibility index (Phi) is 5.41. The fourth-order valence-electron chi connectivity index (χ4n) is 3.81. The van der Waals surface area contributed by atoms with E-state index in [0.29, 0.717) is 25.3 Å². The van der Waals surface area contributed by atoms with Crippen molar-refractivity contribution < 1.29 is 9.53 Å². The van der Waals surface area contributed by atoms with Crippen molar-refractivity contribution in [2.45, 2.75) is 19.5 Å². The number of benzene rings is 1. The molecular formula is C22H26N4O2. The molecule has 6 heteroatoms. The third-order valence-corrected chi connectivity index (χ3v) is 5.34. The van der Waals surface area contributed by atoms with Crippen molar-refractivity contribution in [1.29, 1.82) is 0 Å². The van der Waals surface area contributed by atoms with Gasteiger partial charge in [0.15, 0.2) is 0 Å². The molecule has 6 nitrogen and oxygen atoms in total. The summed E-state index contributed by atoms with van der Waals surface area (Å²) < 4.78 is 5.22. The van der Waals surface area contributed by atoms with Crippen LogP contribution in [0.15, 0.2) is 42.6 Å². The van der Waals surface area contributed by atoms with Crippen LogP contribution in [0.1, 0.15) is 27.3 Å². The predicted molar refractivity (Wildman–Crippen MR) is 109 cm³/mol. The van der Waals surface area contributed by atoms with Crippen molar-refractivity contribution >= 4 is 16.8 Å². The zero-order valence-electron chi connectivity index (χ0n) is 16.4. The number of hydrogen-bond acceptors (Lipinski definition) is 4. The number of pyridine rings is 1. The topological polar surface area (TPSA) is 61.5 Å². The molecule has 0 radical (unpaired) electrons. The molecule has 4 rings (SSSR count). The quantitative estimate of drug-likeness (QED) is 0.717. The number of nitrogens with one attached hydrogen (secondary N) is 1. The summed E-state index contributed by atoms with van der Waals surface area (Å²) in [6, 6.07) is 11.7. The first-order chi connectivity index (χ1) is 13.7. The molecule has 28 heavy (non-hydrogen) atoms. The van der Waals surface area contributed by atoms with Crippen LogP contribution in [0.25, 0.3) is 10.9 Å². The summed E-state index contributed by atoms with van der Waals surface area (Å²) in [5.41, 5.74) is 5.28. The highest BCUT2D eigenvalue weighted by Crippen LogP contribution is 2.28. The van der Waals surface area contributed by atoms with Crippen molar-refractivity contribution in [2.75, 3.05) is 33.9 Å². The molecule has 0 saturated heterocycles. The summed E-state index contributed by atoms with van der Waals surface area (Å²) in [7, 11) is 3.79. The van der Waals surface area contributed by atoms with Gasteiger partial charge in [0.2, 0.25) is 0 Å². The van der Waals surface area contributed by atoms with E-state index in [4.69, 9.17) is 4.74 Å². The van der Waals surface area contributed by atoms with Crippen molar-refractivity contribution in [3.8, 4) is 0 Å². The molecule has 146 valence electrons. The van der Waals surface area contributed by atoms with Crippen molar-refractivity contribution in [3.05, 3.63) is 65.1 Å². The zero-order chi connectivity index (χ0) is 19.5. The number of H-pyrrole nitrogens is 1. The van der Waals surface area contributed by atoms with Crippen LogP contribution in [-0.4, -0.2) is 59.5 Å². The normalized spacial score (nSPS) is 14.2. The summed E-state index contributed by atoms with van der Waals surface area (Å²) in [6.07, 6.45) is 2.77. The number of carbonyl (C=O) groups is 1. The number of carbonyl (C=O) groups excluding carboxylic acids is 1. The lowest BCUT2D eigenvalue weighted by molar-refractivity contribution is 0.0678. The van der Waals surface area contributed by atoms with Gasteiger partial charge in [0.25, 0.3) is 5.91 Å². The Labute approximate surface area is 165 Å². The monoisotopic (exact) mass is 378 g/mol. The maximum Gasteiger partial charge on any atom is 0.254 e. The molecule has 0 bridgehead atoms. The molecule has 0 fully saturated rings. The van der Waals surface area contributed by atoms with Crippen LogP contribution in [0.3, 0.4) is 0 Å². The van der Waals surface area contributed by atoms with E-state index in [9.17, 15) is 4.79 Å². The number of amides is 1. The fraction of sp³-hybridized carbons (Fsp3) is 0.364. The molecule has 0 unspecified atom stereocenters. The minimum absolute atomic E-state index is 0.00344. The molecule has 1 aliphatic heterocycles. The first kappa shape index (κ1) is 18.7. The highest BCUT2D eigenvalue weighted by Gasteiger charge is 2.21. The number of aromatic amines is 1. The SMILES string of the molecule is COCCN(Cc1ccccn1)C(=O)c1ccc2[nH]c3c(c2c1)CN(C)CC3. The van der Waals surface area contributed by atoms with E-state index in [0.717, 1.165) is 36.1 Å². The largest absolute Gasteiger partial charge is 0.383 e. The molecule has 0 spiro atoms. The predicted octanol–water partition coefficient (Wildman–Crippen LogP) is 2.84. The summed E-state index contributed by atoms with van der Waals surface area (Å²) >= 11 is 0. The van der Waals surface area contributed by atoms with Crippen LogP contribution in [-0.2, 0) is 24.2 Å². The minimum atomic E-state index is 0.00344. The molecule has 3 aromatic rings. The lowest BCUT2D eigenvalue weighted by atomic mass is 10.0. The smallest absolute Gasteiger partial charge is 0.254 e. The van der Waals surface area contributed by atoms with Crippen LogP contribution in [0.5, 0.6) is 0 Å². The van der Waals surface area contributed by atoms with Gasteiger partial charge in [-0.05, 0) is 42.9 Å². The first-order valence-corrected chi connectivity index (χ1v) is 9.66. The summed E-state index contributed by atoms with van der Waals surface area (Å²) in [4.78, 5) is 25.3. The Morgan fingerprint density at radius 1 is 1.32 bits per heavy atom. The lowest BCUT2D eigenvalue weighted by Gasteiger charge is -2.23. The number of likely N-dealkylation sites (N-methyl/N-ethyl adjacent to an activating group) is 1. The van der Waals surface area contributed by atoms with E-state index in [1.807, 2.05) is 36.4 Å². The van der Waals surface area contributed by atoms with Gasteiger partial charge in [-0.15, -0.1) is 0 Å². The number of aromatic nitrogens is 2. The van der Waals surface area contributed by atoms with Crippen molar-refractivity contribution in [1.82, 2.24) is 19.8 Å². The van der Waals surface area contributed by atoms with Crippen molar-refractivity contribution in [2.24, 2.45) is 0 Å². The number of ether oxygens (including phenoxy) is 1. The molecule has 0 aliphatic carbocycles. The summed E-state index contributed by atoms with van der Waals surface area (Å²) in [5.74, 6) is 0.00344. The second kappa shape index (κ2) is 8.12. The van der Waals surface area contributed by atoms with Gasteiger partial charge >= 0.3 is 0 Å². The summed E-state index contributed by atoms with van der Waals surface area (Å²) in [5, 5.41) is 1.15. The standard InChI is InChI=1S/C22H26N4O2/c1-25-10-8-21-19(15-25)18-13-16(6-7-20(18)24-21)22(27)26(11-12-28-2)14-17-5-3-4-9-23-17/h3-7,9,13,24H,8,10-12,14-15H2,1-2H3. The molecule has 3 heterocycles. The van der Waals surface area contributed by atoms with Gasteiger partial charge in [0.1, 0.15) is 0 Å². The van der Waals surface area contributed by atoms with E-state index in [-0.39, 0.29) is 5.91 Å².